The highest BCUT2D eigenvalue weighted by Crippen LogP contribution is 2.34. The highest BCUT2D eigenvalue weighted by molar-refractivity contribution is 5.70. The van der Waals surface area contributed by atoms with Crippen LogP contribution < -0.4 is 10.1 Å². The van der Waals surface area contributed by atoms with Gasteiger partial charge in [-0.15, -0.1) is 0 Å². The number of rotatable bonds is 2. The maximum atomic E-state index is 5.95. The van der Waals surface area contributed by atoms with Gasteiger partial charge in [-0.2, -0.15) is 0 Å². The normalized spacial score (nSPS) is 19.5. The molecular formula is C13H17NO. The van der Waals surface area contributed by atoms with E-state index in [4.69, 9.17) is 4.74 Å². The molecule has 2 nitrogen and oxygen atoms in total. The van der Waals surface area contributed by atoms with Crippen LogP contribution in [0.1, 0.15) is 25.8 Å². The topological polar surface area (TPSA) is 21.3 Å². The van der Waals surface area contributed by atoms with Crippen LogP contribution in [-0.2, 0) is 0 Å². The molecule has 0 fully saturated rings. The Labute approximate surface area is 91.0 Å². The van der Waals surface area contributed by atoms with Crippen molar-refractivity contribution in [3.8, 4) is 5.75 Å². The zero-order chi connectivity index (χ0) is 10.7. The molecule has 1 aliphatic rings. The zero-order valence-corrected chi connectivity index (χ0v) is 9.29. The fraction of sp³-hybridized carbons (Fsp3) is 0.385. The summed E-state index contributed by atoms with van der Waals surface area (Å²) in [5.41, 5.74) is 2.26. The van der Waals surface area contributed by atoms with Gasteiger partial charge in [0.1, 0.15) is 11.9 Å². The lowest BCUT2D eigenvalue weighted by atomic mass is 10.1. The molecule has 0 aromatic heterocycles. The van der Waals surface area contributed by atoms with Gasteiger partial charge < -0.3 is 10.1 Å². The predicted molar refractivity (Wildman–Crippen MR) is 64.3 cm³/mol. The van der Waals surface area contributed by atoms with Crippen molar-refractivity contribution in [3.63, 3.8) is 0 Å². The van der Waals surface area contributed by atoms with Crippen LogP contribution in [0.15, 0.2) is 24.3 Å². The van der Waals surface area contributed by atoms with Crippen molar-refractivity contribution >= 4 is 11.8 Å². The van der Waals surface area contributed by atoms with Crippen LogP contribution >= 0.6 is 0 Å². The first-order chi connectivity index (χ1) is 7.35. The average Bonchev–Trinajstić information content (AvgIpc) is 2.29. The number of para-hydroxylation sites is 1. The maximum Gasteiger partial charge on any atom is 0.150 e. The first-order valence-electron chi connectivity index (χ1n) is 5.51. The highest BCUT2D eigenvalue weighted by Gasteiger charge is 2.19. The average molecular weight is 203 g/mol. The molecule has 0 radical (unpaired) electrons. The Morgan fingerprint density at radius 3 is 3.13 bits per heavy atom. The minimum absolute atomic E-state index is 0.295. The molecular weight excluding hydrogens is 186 g/mol. The number of nitrogens with one attached hydrogen (secondary N) is 1. The molecule has 1 unspecified atom stereocenters. The van der Waals surface area contributed by atoms with Gasteiger partial charge in [-0.1, -0.05) is 31.2 Å². The number of hydrogen-bond donors (Lipinski definition) is 1. The fourth-order valence-electron chi connectivity index (χ4n) is 1.80. The van der Waals surface area contributed by atoms with E-state index >= 15 is 0 Å². The Morgan fingerprint density at radius 2 is 2.40 bits per heavy atom. The molecule has 0 saturated carbocycles. The summed E-state index contributed by atoms with van der Waals surface area (Å²) >= 11 is 0. The summed E-state index contributed by atoms with van der Waals surface area (Å²) in [5.74, 6) is 0.994. The van der Waals surface area contributed by atoms with E-state index in [-0.39, 0.29) is 0 Å². The molecule has 1 aromatic carbocycles. The lowest BCUT2D eigenvalue weighted by Gasteiger charge is -2.27. The first kappa shape index (κ1) is 10.1. The van der Waals surface area contributed by atoms with Crippen LogP contribution in [-0.4, -0.2) is 12.6 Å². The van der Waals surface area contributed by atoms with Gasteiger partial charge in [0.15, 0.2) is 0 Å². The van der Waals surface area contributed by atoms with E-state index in [2.05, 4.69) is 36.5 Å². The smallest absolute Gasteiger partial charge is 0.150 e. The molecule has 1 aliphatic heterocycles. The second kappa shape index (κ2) is 4.39. The van der Waals surface area contributed by atoms with Crippen LogP contribution in [0.5, 0.6) is 5.75 Å². The Balaban J connectivity index is 2.36. The molecule has 1 heterocycles. The molecule has 15 heavy (non-hydrogen) atoms. The van der Waals surface area contributed by atoms with Crippen molar-refractivity contribution < 1.29 is 4.74 Å². The molecule has 80 valence electrons. The predicted octanol–water partition coefficient (Wildman–Crippen LogP) is 3.30. The van der Waals surface area contributed by atoms with E-state index in [1.807, 2.05) is 13.0 Å². The van der Waals surface area contributed by atoms with E-state index < -0.39 is 0 Å². The van der Waals surface area contributed by atoms with Crippen molar-refractivity contribution in [3.05, 3.63) is 29.8 Å². The Kier molecular flexibility index (Phi) is 2.95. The Morgan fingerprint density at radius 1 is 1.53 bits per heavy atom. The number of anilines is 1. The third-order valence-electron chi connectivity index (χ3n) is 2.65. The minimum atomic E-state index is 0.295. The fourth-order valence-corrected chi connectivity index (χ4v) is 1.80. The summed E-state index contributed by atoms with van der Waals surface area (Å²) < 4.78 is 5.95. The summed E-state index contributed by atoms with van der Waals surface area (Å²) in [5, 5.41) is 3.40. The van der Waals surface area contributed by atoms with Crippen LogP contribution in [0.3, 0.4) is 0 Å². The molecule has 0 spiro atoms. The monoisotopic (exact) mass is 203 g/mol. The van der Waals surface area contributed by atoms with Gasteiger partial charge in [-0.3, -0.25) is 0 Å². The highest BCUT2D eigenvalue weighted by atomic mass is 16.5. The lowest BCUT2D eigenvalue weighted by Crippen LogP contribution is -2.30. The van der Waals surface area contributed by atoms with Crippen molar-refractivity contribution in [2.75, 3.05) is 11.9 Å². The van der Waals surface area contributed by atoms with E-state index in [0.29, 0.717) is 6.10 Å². The van der Waals surface area contributed by atoms with Crippen LogP contribution in [0, 0.1) is 0 Å². The van der Waals surface area contributed by atoms with E-state index in [1.54, 1.807) is 0 Å². The number of ether oxygens (including phenoxy) is 1. The summed E-state index contributed by atoms with van der Waals surface area (Å²) in [6.07, 6.45) is 5.45. The summed E-state index contributed by atoms with van der Waals surface area (Å²) in [6, 6.07) is 6.20. The SMILES string of the molecule is C/C=C\c1cccc2c1OC(CC)CN2. The van der Waals surface area contributed by atoms with Gasteiger partial charge in [0.05, 0.1) is 12.2 Å². The van der Waals surface area contributed by atoms with Gasteiger partial charge in [-0.05, 0) is 19.4 Å². The second-order valence-electron chi connectivity index (χ2n) is 3.75. The number of hydrogen-bond acceptors (Lipinski definition) is 2. The van der Waals surface area contributed by atoms with Crippen molar-refractivity contribution in [1.82, 2.24) is 0 Å². The Hall–Kier alpha value is -1.44. The summed E-state index contributed by atoms with van der Waals surface area (Å²) in [6.45, 7) is 5.07. The molecule has 2 rings (SSSR count). The van der Waals surface area contributed by atoms with Crippen molar-refractivity contribution in [2.24, 2.45) is 0 Å². The molecule has 1 N–H and O–H groups in total. The van der Waals surface area contributed by atoms with Gasteiger partial charge in [0, 0.05) is 5.56 Å². The molecule has 1 aromatic rings. The Bertz CT molecular complexity index is 371. The van der Waals surface area contributed by atoms with E-state index in [9.17, 15) is 0 Å². The number of benzene rings is 1. The first-order valence-corrected chi connectivity index (χ1v) is 5.51. The van der Waals surface area contributed by atoms with Gasteiger partial charge in [0.2, 0.25) is 0 Å². The number of allylic oxidation sites excluding steroid dienone is 1. The third kappa shape index (κ3) is 1.99. The van der Waals surface area contributed by atoms with Crippen molar-refractivity contribution in [2.45, 2.75) is 26.4 Å². The number of fused-ring (bicyclic) bond motifs is 1. The largest absolute Gasteiger partial charge is 0.486 e. The lowest BCUT2D eigenvalue weighted by molar-refractivity contribution is 0.201. The summed E-state index contributed by atoms with van der Waals surface area (Å²) in [7, 11) is 0. The van der Waals surface area contributed by atoms with E-state index in [0.717, 1.165) is 30.0 Å². The van der Waals surface area contributed by atoms with Crippen LogP contribution in [0.4, 0.5) is 5.69 Å². The summed E-state index contributed by atoms with van der Waals surface area (Å²) in [4.78, 5) is 0. The van der Waals surface area contributed by atoms with Crippen molar-refractivity contribution in [1.29, 1.82) is 0 Å². The molecule has 1 atom stereocenters. The molecule has 2 heteroatoms. The quantitative estimate of drug-likeness (QED) is 0.796. The third-order valence-corrected chi connectivity index (χ3v) is 2.65. The van der Waals surface area contributed by atoms with Crippen LogP contribution in [0.25, 0.3) is 6.08 Å². The molecule has 0 aliphatic carbocycles. The van der Waals surface area contributed by atoms with Crippen LogP contribution in [0.2, 0.25) is 0 Å². The van der Waals surface area contributed by atoms with Gasteiger partial charge in [0.25, 0.3) is 0 Å². The zero-order valence-electron chi connectivity index (χ0n) is 9.29. The van der Waals surface area contributed by atoms with E-state index in [1.165, 1.54) is 0 Å². The second-order valence-corrected chi connectivity index (χ2v) is 3.75. The standard InChI is InChI=1S/C13H17NO/c1-3-6-10-7-5-8-12-13(10)15-11(4-2)9-14-12/h3,5-8,11,14H,4,9H2,1-2H3/b6-3-. The molecule has 0 amide bonds. The maximum absolute atomic E-state index is 5.95. The van der Waals surface area contributed by atoms with Gasteiger partial charge >= 0.3 is 0 Å². The van der Waals surface area contributed by atoms with Gasteiger partial charge in [-0.25, -0.2) is 0 Å². The molecule has 0 bridgehead atoms. The molecule has 0 saturated heterocycles. The minimum Gasteiger partial charge on any atom is -0.486 e.